The molecule has 0 aliphatic rings. The summed E-state index contributed by atoms with van der Waals surface area (Å²) in [6, 6.07) is 13.6. The molecule has 0 radical (unpaired) electrons. The summed E-state index contributed by atoms with van der Waals surface area (Å²) in [4.78, 5) is 0. The van der Waals surface area contributed by atoms with Crippen molar-refractivity contribution in [2.45, 2.75) is 39.7 Å². The molecule has 1 heterocycles. The molecular formula is C18H23N2+. The Bertz CT molecular complexity index is 779. The molecule has 0 saturated heterocycles. The largest absolute Gasteiger partial charge is 0.259 e. The molecule has 0 atom stereocenters. The zero-order valence-corrected chi connectivity index (χ0v) is 13.0. The van der Waals surface area contributed by atoms with Crippen molar-refractivity contribution in [1.82, 2.24) is 4.57 Å². The van der Waals surface area contributed by atoms with Gasteiger partial charge >= 0.3 is 0 Å². The molecule has 3 aromatic rings. The third-order valence-corrected chi connectivity index (χ3v) is 4.10. The third kappa shape index (κ3) is 1.75. The minimum absolute atomic E-state index is 0.460. The predicted octanol–water partition coefficient (Wildman–Crippen LogP) is 4.32. The van der Waals surface area contributed by atoms with Gasteiger partial charge in [0.15, 0.2) is 11.0 Å². The van der Waals surface area contributed by atoms with Gasteiger partial charge in [0.25, 0.3) is 5.82 Å². The maximum absolute atomic E-state index is 2.50. The van der Waals surface area contributed by atoms with Crippen molar-refractivity contribution in [1.29, 1.82) is 0 Å². The fourth-order valence-electron chi connectivity index (χ4n) is 3.36. The van der Waals surface area contributed by atoms with Crippen LogP contribution in [0.2, 0.25) is 0 Å². The highest BCUT2D eigenvalue weighted by atomic mass is 15.2. The Kier molecular flexibility index (Phi) is 3.04. The second kappa shape index (κ2) is 4.62. The summed E-state index contributed by atoms with van der Waals surface area (Å²) in [6.45, 7) is 9.09. The van der Waals surface area contributed by atoms with Gasteiger partial charge in [0.2, 0.25) is 0 Å². The monoisotopic (exact) mass is 267 g/mol. The number of nitrogens with zero attached hydrogens (tertiary/aromatic N) is 2. The minimum atomic E-state index is 0.460. The van der Waals surface area contributed by atoms with E-state index in [-0.39, 0.29) is 0 Å². The van der Waals surface area contributed by atoms with Crippen LogP contribution in [0.4, 0.5) is 0 Å². The fraction of sp³-hybridized carbons (Fsp3) is 0.389. The molecule has 0 amide bonds. The molecule has 0 saturated carbocycles. The van der Waals surface area contributed by atoms with Crippen molar-refractivity contribution in [2.75, 3.05) is 0 Å². The van der Waals surface area contributed by atoms with E-state index in [4.69, 9.17) is 0 Å². The third-order valence-electron chi connectivity index (χ3n) is 4.10. The summed E-state index contributed by atoms with van der Waals surface area (Å²) in [6.07, 6.45) is 0. The number of imidazole rings is 1. The molecule has 0 fully saturated rings. The van der Waals surface area contributed by atoms with Crippen molar-refractivity contribution < 1.29 is 4.57 Å². The van der Waals surface area contributed by atoms with E-state index in [2.05, 4.69) is 80.3 Å². The quantitative estimate of drug-likeness (QED) is 0.611. The smallest absolute Gasteiger partial charge is 0.230 e. The van der Waals surface area contributed by atoms with Gasteiger partial charge in [-0.15, -0.1) is 0 Å². The van der Waals surface area contributed by atoms with Crippen LogP contribution in [0.5, 0.6) is 0 Å². The van der Waals surface area contributed by atoms with Crippen LogP contribution in [0, 0.1) is 0 Å². The minimum Gasteiger partial charge on any atom is -0.230 e. The summed E-state index contributed by atoms with van der Waals surface area (Å²) in [5, 5.41) is 2.66. The Balaban J connectivity index is 2.57. The van der Waals surface area contributed by atoms with Gasteiger partial charge in [-0.1, -0.05) is 32.0 Å². The zero-order valence-electron chi connectivity index (χ0n) is 13.0. The molecule has 1 aromatic heterocycles. The standard InChI is InChI=1S/C18H23N2/c1-12(2)18-19(5)16-11-10-14-8-6-7-9-15(14)17(16)20(18)13(3)4/h6-13H,1-5H3/q+1. The predicted molar refractivity (Wildman–Crippen MR) is 85.1 cm³/mol. The van der Waals surface area contributed by atoms with E-state index in [1.54, 1.807) is 0 Å². The molecule has 0 bridgehead atoms. The van der Waals surface area contributed by atoms with Gasteiger partial charge < -0.3 is 0 Å². The van der Waals surface area contributed by atoms with Gasteiger partial charge in [-0.2, -0.15) is 0 Å². The van der Waals surface area contributed by atoms with E-state index in [9.17, 15) is 0 Å². The van der Waals surface area contributed by atoms with E-state index in [0.717, 1.165) is 0 Å². The number of aromatic nitrogens is 2. The number of hydrogen-bond acceptors (Lipinski definition) is 0. The molecular weight excluding hydrogens is 244 g/mol. The molecule has 0 aliphatic carbocycles. The zero-order chi connectivity index (χ0) is 14.4. The molecule has 0 unspecified atom stereocenters. The highest BCUT2D eigenvalue weighted by molar-refractivity contribution is 6.02. The van der Waals surface area contributed by atoms with Crippen LogP contribution in [0.15, 0.2) is 36.4 Å². The molecule has 104 valence electrons. The first-order chi connectivity index (χ1) is 9.52. The summed E-state index contributed by atoms with van der Waals surface area (Å²) >= 11 is 0. The lowest BCUT2D eigenvalue weighted by Crippen LogP contribution is -2.40. The highest BCUT2D eigenvalue weighted by Gasteiger charge is 2.28. The van der Waals surface area contributed by atoms with Crippen LogP contribution >= 0.6 is 0 Å². The summed E-state index contributed by atoms with van der Waals surface area (Å²) in [5.41, 5.74) is 2.69. The summed E-state index contributed by atoms with van der Waals surface area (Å²) in [7, 11) is 2.19. The maximum atomic E-state index is 2.50. The number of fused-ring (bicyclic) bond motifs is 3. The molecule has 3 rings (SSSR count). The molecule has 2 nitrogen and oxygen atoms in total. The Hall–Kier alpha value is -1.83. The van der Waals surface area contributed by atoms with Gasteiger partial charge in [-0.05, 0) is 37.4 Å². The Morgan fingerprint density at radius 3 is 2.30 bits per heavy atom. The first kappa shape index (κ1) is 13.2. The molecule has 2 aromatic carbocycles. The van der Waals surface area contributed by atoms with Crippen LogP contribution in [0.25, 0.3) is 21.8 Å². The van der Waals surface area contributed by atoms with E-state index >= 15 is 0 Å². The van der Waals surface area contributed by atoms with E-state index < -0.39 is 0 Å². The van der Waals surface area contributed by atoms with E-state index in [1.165, 1.54) is 27.6 Å². The van der Waals surface area contributed by atoms with Crippen molar-refractivity contribution in [3.05, 3.63) is 42.2 Å². The summed E-state index contributed by atoms with van der Waals surface area (Å²) in [5.74, 6) is 1.90. The fourth-order valence-corrected chi connectivity index (χ4v) is 3.36. The normalized spacial score (nSPS) is 12.2. The van der Waals surface area contributed by atoms with Crippen LogP contribution < -0.4 is 4.57 Å². The molecule has 0 aliphatic heterocycles. The summed E-state index contributed by atoms with van der Waals surface area (Å²) < 4.78 is 4.86. The topological polar surface area (TPSA) is 8.81 Å². The Morgan fingerprint density at radius 2 is 1.65 bits per heavy atom. The second-order valence-electron chi connectivity index (χ2n) is 6.19. The Morgan fingerprint density at radius 1 is 0.950 bits per heavy atom. The maximum Gasteiger partial charge on any atom is 0.259 e. The highest BCUT2D eigenvalue weighted by Crippen LogP contribution is 2.27. The van der Waals surface area contributed by atoms with Crippen molar-refractivity contribution in [3.63, 3.8) is 0 Å². The first-order valence-corrected chi connectivity index (χ1v) is 7.44. The molecule has 2 heteroatoms. The average Bonchev–Trinajstić information content (AvgIpc) is 2.73. The lowest BCUT2D eigenvalue weighted by molar-refractivity contribution is -0.699. The number of aryl methyl sites for hydroxylation is 1. The van der Waals surface area contributed by atoms with Gasteiger partial charge in [-0.3, -0.25) is 0 Å². The van der Waals surface area contributed by atoms with Crippen LogP contribution in [-0.4, -0.2) is 4.57 Å². The van der Waals surface area contributed by atoms with Gasteiger partial charge in [0.05, 0.1) is 19.0 Å². The molecule has 0 spiro atoms. The number of benzene rings is 2. The van der Waals surface area contributed by atoms with Crippen molar-refractivity contribution in [2.24, 2.45) is 7.05 Å². The van der Waals surface area contributed by atoms with Crippen molar-refractivity contribution in [3.8, 4) is 0 Å². The van der Waals surface area contributed by atoms with Gasteiger partial charge in [0, 0.05) is 5.39 Å². The molecule has 0 N–H and O–H groups in total. The average molecular weight is 267 g/mol. The van der Waals surface area contributed by atoms with Crippen LogP contribution in [0.3, 0.4) is 0 Å². The SMILES string of the molecule is CC(C)c1n(C)c2ccc3ccccc3c2[n+]1C(C)C. The van der Waals surface area contributed by atoms with E-state index in [0.29, 0.717) is 12.0 Å². The van der Waals surface area contributed by atoms with E-state index in [1.807, 2.05) is 0 Å². The van der Waals surface area contributed by atoms with Crippen LogP contribution in [0.1, 0.15) is 45.5 Å². The van der Waals surface area contributed by atoms with Gasteiger partial charge in [0.1, 0.15) is 0 Å². The molecule has 20 heavy (non-hydrogen) atoms. The van der Waals surface area contributed by atoms with Gasteiger partial charge in [-0.25, -0.2) is 9.13 Å². The number of rotatable bonds is 2. The lowest BCUT2D eigenvalue weighted by Gasteiger charge is -2.09. The Labute approximate surface area is 120 Å². The second-order valence-corrected chi connectivity index (χ2v) is 6.19. The first-order valence-electron chi connectivity index (χ1n) is 7.44. The van der Waals surface area contributed by atoms with Crippen LogP contribution in [-0.2, 0) is 7.05 Å². The number of hydrogen-bond donors (Lipinski definition) is 0. The lowest BCUT2D eigenvalue weighted by atomic mass is 10.1. The van der Waals surface area contributed by atoms with Crippen molar-refractivity contribution >= 4 is 21.8 Å².